The van der Waals surface area contributed by atoms with Crippen LogP contribution in [0.15, 0.2) is 0 Å². The molecular weight excluding hydrogens is 201 g/mol. The van der Waals surface area contributed by atoms with E-state index in [2.05, 4.69) is 0 Å². The highest BCUT2D eigenvalue weighted by molar-refractivity contribution is 7.59. The van der Waals surface area contributed by atoms with Gasteiger partial charge in [0.1, 0.15) is 0 Å². The molecule has 0 aromatic carbocycles. The van der Waals surface area contributed by atoms with Crippen molar-refractivity contribution in [3.05, 3.63) is 0 Å². The maximum Gasteiger partial charge on any atom is 0.459 e. The molecule has 0 bridgehead atoms. The van der Waals surface area contributed by atoms with Gasteiger partial charge in [0.15, 0.2) is 0 Å². The minimum Gasteiger partial charge on any atom is -0.203 e. The van der Waals surface area contributed by atoms with Crippen molar-refractivity contribution in [3.63, 3.8) is 0 Å². The topological polar surface area (TPSA) is 0 Å². The van der Waals surface area contributed by atoms with Gasteiger partial charge in [-0.15, -0.1) is 0 Å². The predicted molar refractivity (Wildman–Crippen MR) is 27.4 cm³/mol. The summed E-state index contributed by atoms with van der Waals surface area (Å²) in [6.45, 7) is 0. The van der Waals surface area contributed by atoms with E-state index in [9.17, 15) is 30.7 Å². The first-order valence-corrected chi connectivity index (χ1v) is 1.92. The van der Waals surface area contributed by atoms with Gasteiger partial charge in [0.2, 0.25) is 0 Å². The summed E-state index contributed by atoms with van der Waals surface area (Å²) in [6.07, 6.45) is -10.9. The highest BCUT2D eigenvalue weighted by Gasteiger charge is 2.64. The molecule has 70 valence electrons. The molecule has 0 heterocycles. The van der Waals surface area contributed by atoms with E-state index in [-0.39, 0.29) is 13.5 Å². The highest BCUT2D eigenvalue weighted by Crippen LogP contribution is 2.39. The Bertz CT molecular complexity index is 115. The Labute approximate surface area is 63.8 Å². The maximum absolute atomic E-state index is 11.2. The summed E-state index contributed by atoms with van der Waals surface area (Å²) in [4.78, 5) is 0. The average molecular weight is 204 g/mol. The van der Waals surface area contributed by atoms with Crippen LogP contribution < -0.4 is 0 Å². The quantitative estimate of drug-likeness (QED) is 0.576. The first-order valence-electron chi connectivity index (χ1n) is 1.92. The van der Waals surface area contributed by atoms with Gasteiger partial charge in [-0.1, -0.05) is 0 Å². The fourth-order valence-corrected chi connectivity index (χ4v) is 0.124. The normalized spacial score (nSPS) is 13.1. The summed E-state index contributed by atoms with van der Waals surface area (Å²) >= 11 is 0. The third kappa shape index (κ3) is 2.76. The molecule has 0 aliphatic heterocycles. The molecule has 0 unspecified atom stereocenters. The minimum atomic E-state index is -6.17. The van der Waals surface area contributed by atoms with Gasteiger partial charge < -0.3 is 0 Å². The van der Waals surface area contributed by atoms with Crippen molar-refractivity contribution in [3.8, 4) is 0 Å². The van der Waals surface area contributed by atoms with Crippen LogP contribution in [0.3, 0.4) is 0 Å². The Morgan fingerprint density at radius 2 is 1.09 bits per heavy atom. The molecule has 0 amide bonds. The second-order valence-electron chi connectivity index (χ2n) is 1.42. The lowest BCUT2D eigenvalue weighted by atomic mass is 10.3. The van der Waals surface area contributed by atoms with Crippen LogP contribution >= 0.6 is 13.5 Å². The molecule has 11 heavy (non-hydrogen) atoms. The van der Waals surface area contributed by atoms with Gasteiger partial charge in [0, 0.05) is 0 Å². The summed E-state index contributed by atoms with van der Waals surface area (Å²) in [7, 11) is 0. The fraction of sp³-hybridized carbons (Fsp3) is 1.00. The molecule has 0 atom stereocenters. The van der Waals surface area contributed by atoms with Gasteiger partial charge in [-0.25, -0.2) is 8.78 Å². The van der Waals surface area contributed by atoms with Gasteiger partial charge in [-0.05, 0) is 0 Å². The van der Waals surface area contributed by atoms with Gasteiger partial charge in [0.25, 0.3) is 0 Å². The van der Waals surface area contributed by atoms with Crippen molar-refractivity contribution >= 4 is 13.5 Å². The lowest BCUT2D eigenvalue weighted by Crippen LogP contribution is -2.42. The fourth-order valence-electron chi connectivity index (χ4n) is 0.124. The van der Waals surface area contributed by atoms with Crippen LogP contribution in [-0.2, 0) is 0 Å². The van der Waals surface area contributed by atoms with Crippen LogP contribution in [0, 0.1) is 0 Å². The SMILES string of the molecule is FC(F)C(F)(F)C(F)(F)F.S. The zero-order valence-electron chi connectivity index (χ0n) is 4.72. The predicted octanol–water partition coefficient (Wildman–Crippen LogP) is 2.56. The Kier molecular flexibility index (Phi) is 4.29. The molecule has 0 aliphatic carbocycles. The van der Waals surface area contributed by atoms with E-state index in [4.69, 9.17) is 0 Å². The average Bonchev–Trinajstić information content (AvgIpc) is 1.62. The molecule has 0 nitrogen and oxygen atoms in total. The van der Waals surface area contributed by atoms with Crippen molar-refractivity contribution < 1.29 is 30.7 Å². The molecule has 0 N–H and O–H groups in total. The summed E-state index contributed by atoms with van der Waals surface area (Å²) in [6, 6.07) is 0. The molecule has 0 spiro atoms. The van der Waals surface area contributed by atoms with Gasteiger partial charge in [0.05, 0.1) is 0 Å². The number of hydrogen-bond acceptors (Lipinski definition) is 0. The van der Waals surface area contributed by atoms with E-state index in [0.29, 0.717) is 0 Å². The zero-order valence-corrected chi connectivity index (χ0v) is 5.72. The van der Waals surface area contributed by atoms with Crippen molar-refractivity contribution in [1.82, 2.24) is 0 Å². The molecule has 0 saturated heterocycles. The van der Waals surface area contributed by atoms with Gasteiger partial charge >= 0.3 is 18.5 Å². The van der Waals surface area contributed by atoms with Gasteiger partial charge in [-0.3, -0.25) is 0 Å². The standard InChI is InChI=1S/C3HF7.H2S/c4-1(5)2(6,7)3(8,9)10;/h1H;1H2. The summed E-state index contributed by atoms with van der Waals surface area (Å²) in [5, 5.41) is 0. The second kappa shape index (κ2) is 3.51. The lowest BCUT2D eigenvalue weighted by molar-refractivity contribution is -0.320. The van der Waals surface area contributed by atoms with Gasteiger partial charge in [-0.2, -0.15) is 35.4 Å². The number of alkyl halides is 7. The van der Waals surface area contributed by atoms with Crippen molar-refractivity contribution in [2.24, 2.45) is 0 Å². The lowest BCUT2D eigenvalue weighted by Gasteiger charge is -2.17. The van der Waals surface area contributed by atoms with Crippen LogP contribution in [-0.4, -0.2) is 18.5 Å². The van der Waals surface area contributed by atoms with Crippen LogP contribution in [0.5, 0.6) is 0 Å². The first-order chi connectivity index (χ1) is 4.19. The van der Waals surface area contributed by atoms with E-state index in [1.807, 2.05) is 0 Å². The van der Waals surface area contributed by atoms with E-state index >= 15 is 0 Å². The van der Waals surface area contributed by atoms with Crippen LogP contribution in [0.25, 0.3) is 0 Å². The summed E-state index contributed by atoms with van der Waals surface area (Å²) in [5.41, 5.74) is 0. The molecular formula is C3H3F7S. The van der Waals surface area contributed by atoms with Crippen LogP contribution in [0.1, 0.15) is 0 Å². The molecule has 0 radical (unpaired) electrons. The molecule has 0 saturated carbocycles. The molecule has 0 aromatic heterocycles. The van der Waals surface area contributed by atoms with Crippen LogP contribution in [0.2, 0.25) is 0 Å². The summed E-state index contributed by atoms with van der Waals surface area (Å²) in [5.74, 6) is -5.90. The van der Waals surface area contributed by atoms with Crippen molar-refractivity contribution in [2.45, 2.75) is 18.5 Å². The number of halogens is 7. The zero-order chi connectivity index (χ0) is 8.58. The molecule has 0 rings (SSSR count). The first kappa shape index (κ1) is 13.4. The second-order valence-corrected chi connectivity index (χ2v) is 1.42. The molecule has 8 heteroatoms. The van der Waals surface area contributed by atoms with E-state index in [1.165, 1.54) is 0 Å². The Hall–Kier alpha value is -0.140. The third-order valence-corrected chi connectivity index (χ3v) is 0.652. The van der Waals surface area contributed by atoms with E-state index < -0.39 is 18.5 Å². The number of hydrogen-bond donors (Lipinski definition) is 0. The van der Waals surface area contributed by atoms with E-state index in [0.717, 1.165) is 0 Å². The Morgan fingerprint density at radius 1 is 0.818 bits per heavy atom. The molecule has 0 aromatic rings. The molecule has 0 fully saturated rings. The van der Waals surface area contributed by atoms with Crippen LogP contribution in [0.4, 0.5) is 30.7 Å². The Morgan fingerprint density at radius 3 is 1.09 bits per heavy atom. The minimum absolute atomic E-state index is 0. The third-order valence-electron chi connectivity index (χ3n) is 0.652. The highest BCUT2D eigenvalue weighted by atomic mass is 32.1. The van der Waals surface area contributed by atoms with E-state index in [1.54, 1.807) is 0 Å². The van der Waals surface area contributed by atoms with Crippen molar-refractivity contribution in [2.75, 3.05) is 0 Å². The number of rotatable bonds is 1. The maximum atomic E-state index is 11.2. The Balaban J connectivity index is 0. The summed E-state index contributed by atoms with van der Waals surface area (Å²) < 4.78 is 76.6. The molecule has 0 aliphatic rings. The smallest absolute Gasteiger partial charge is 0.203 e. The van der Waals surface area contributed by atoms with Crippen molar-refractivity contribution in [1.29, 1.82) is 0 Å². The monoisotopic (exact) mass is 204 g/mol. The largest absolute Gasteiger partial charge is 0.459 e.